The average molecular weight is 406 g/mol. The fourth-order valence-corrected chi connectivity index (χ4v) is 2.72. The van der Waals surface area contributed by atoms with Crippen LogP contribution in [0.2, 0.25) is 5.02 Å². The van der Waals surface area contributed by atoms with Crippen LogP contribution in [-0.2, 0) is 0 Å². The van der Waals surface area contributed by atoms with Gasteiger partial charge in [0.1, 0.15) is 11.6 Å². The van der Waals surface area contributed by atoms with Crippen LogP contribution in [0, 0.1) is 11.6 Å². The second-order valence-corrected chi connectivity index (χ2v) is 6.17. The van der Waals surface area contributed by atoms with Gasteiger partial charge in [-0.05, 0) is 41.1 Å². The third kappa shape index (κ3) is 3.86. The highest BCUT2D eigenvalue weighted by Crippen LogP contribution is 2.31. The number of carbonyl (C=O) groups is 2. The summed E-state index contributed by atoms with van der Waals surface area (Å²) in [6.45, 7) is 0. The predicted molar refractivity (Wildman–Crippen MR) is 103 cm³/mol. The molecule has 0 atom stereocenters. The Balaban J connectivity index is 1.96. The first-order valence-corrected chi connectivity index (χ1v) is 8.23. The lowest BCUT2D eigenvalue weighted by molar-refractivity contribution is 0.102. The molecule has 0 aliphatic carbocycles. The molecule has 3 amide bonds. The molecular formula is C18H14ClF2N5O2. The molecule has 3 rings (SSSR count). The second kappa shape index (κ2) is 7.77. The molecule has 0 heterocycles. The normalized spacial score (nSPS) is 10.6. The molecule has 3 aromatic carbocycles. The minimum atomic E-state index is -0.911. The minimum Gasteiger partial charge on any atom is -0.320 e. The number of nitrogens with one attached hydrogen (secondary N) is 2. The summed E-state index contributed by atoms with van der Waals surface area (Å²) in [6, 6.07) is 9.83. The molecule has 0 aliphatic heterocycles. The maximum atomic E-state index is 13.9. The smallest absolute Gasteiger partial charge is 0.320 e. The summed E-state index contributed by atoms with van der Waals surface area (Å²) in [7, 11) is 0. The quantitative estimate of drug-likeness (QED) is 0.304. The number of anilines is 2. The molecule has 0 spiro atoms. The summed E-state index contributed by atoms with van der Waals surface area (Å²) in [4.78, 5) is 24.3. The van der Waals surface area contributed by atoms with Gasteiger partial charge < -0.3 is 5.32 Å². The zero-order chi connectivity index (χ0) is 20.4. The summed E-state index contributed by atoms with van der Waals surface area (Å²) in [5.74, 6) is 8.87. The molecule has 6 N–H and O–H groups in total. The van der Waals surface area contributed by atoms with Gasteiger partial charge in [0.2, 0.25) is 0 Å². The monoisotopic (exact) mass is 405 g/mol. The number of hydrogen-bond acceptors (Lipinski definition) is 4. The van der Waals surface area contributed by atoms with Gasteiger partial charge in [0.15, 0.2) is 0 Å². The van der Waals surface area contributed by atoms with Gasteiger partial charge in [0.05, 0.1) is 16.4 Å². The van der Waals surface area contributed by atoms with Gasteiger partial charge in [-0.1, -0.05) is 23.7 Å². The molecule has 3 aromatic rings. The standard InChI is InChI=1S/C18H14ClF2N5O2/c19-13-7-16(26(23)18(28)25-22)15(8-14(13)21)24-17(27)11-2-1-10-6-12(20)4-3-9(10)5-11/h1-8H,22-23H2,(H,24,27)(H,25,28). The Hall–Kier alpha value is -3.27. The van der Waals surface area contributed by atoms with E-state index >= 15 is 0 Å². The zero-order valence-corrected chi connectivity index (χ0v) is 14.9. The highest BCUT2D eigenvalue weighted by Gasteiger charge is 2.19. The Morgan fingerprint density at radius 2 is 1.68 bits per heavy atom. The maximum Gasteiger partial charge on any atom is 0.350 e. The fourth-order valence-electron chi connectivity index (χ4n) is 2.57. The number of rotatable bonds is 3. The largest absolute Gasteiger partial charge is 0.350 e. The van der Waals surface area contributed by atoms with E-state index in [4.69, 9.17) is 23.3 Å². The van der Waals surface area contributed by atoms with E-state index < -0.39 is 23.6 Å². The lowest BCUT2D eigenvalue weighted by Gasteiger charge is -2.20. The topological polar surface area (TPSA) is 113 Å². The third-order valence-electron chi connectivity index (χ3n) is 3.95. The van der Waals surface area contributed by atoms with Crippen LogP contribution in [0.15, 0.2) is 48.5 Å². The Bertz CT molecular complexity index is 1090. The Kier molecular flexibility index (Phi) is 5.41. The van der Waals surface area contributed by atoms with Crippen molar-refractivity contribution in [2.45, 2.75) is 0 Å². The van der Waals surface area contributed by atoms with Crippen molar-refractivity contribution in [3.8, 4) is 0 Å². The van der Waals surface area contributed by atoms with E-state index in [1.807, 2.05) is 5.43 Å². The van der Waals surface area contributed by atoms with Crippen molar-refractivity contribution in [3.05, 3.63) is 70.8 Å². The van der Waals surface area contributed by atoms with E-state index in [2.05, 4.69) is 5.32 Å². The van der Waals surface area contributed by atoms with Crippen molar-refractivity contribution >= 4 is 45.7 Å². The lowest BCUT2D eigenvalue weighted by atomic mass is 10.1. The Morgan fingerprint density at radius 3 is 2.39 bits per heavy atom. The van der Waals surface area contributed by atoms with Gasteiger partial charge >= 0.3 is 6.03 Å². The third-order valence-corrected chi connectivity index (χ3v) is 4.24. The number of hydrazine groups is 2. The highest BCUT2D eigenvalue weighted by atomic mass is 35.5. The van der Waals surface area contributed by atoms with E-state index in [9.17, 15) is 18.4 Å². The highest BCUT2D eigenvalue weighted by molar-refractivity contribution is 6.31. The van der Waals surface area contributed by atoms with Crippen molar-refractivity contribution < 1.29 is 18.4 Å². The molecular weight excluding hydrogens is 392 g/mol. The summed E-state index contributed by atoms with van der Waals surface area (Å²) in [6.07, 6.45) is 0. The number of halogens is 3. The van der Waals surface area contributed by atoms with Crippen molar-refractivity contribution in [2.24, 2.45) is 11.7 Å². The van der Waals surface area contributed by atoms with E-state index in [1.165, 1.54) is 24.3 Å². The summed E-state index contributed by atoms with van der Waals surface area (Å²) in [5.41, 5.74) is 1.87. The number of benzene rings is 3. The van der Waals surface area contributed by atoms with E-state index in [0.717, 1.165) is 12.1 Å². The SMILES string of the molecule is NNC(=O)N(N)c1cc(Cl)c(F)cc1NC(=O)c1ccc2cc(F)ccc2c1. The van der Waals surface area contributed by atoms with Crippen LogP contribution in [0.1, 0.15) is 10.4 Å². The molecule has 0 saturated carbocycles. The molecule has 0 unspecified atom stereocenters. The first kappa shape index (κ1) is 19.5. The van der Waals surface area contributed by atoms with Crippen LogP contribution in [0.25, 0.3) is 10.8 Å². The molecule has 0 bridgehead atoms. The summed E-state index contributed by atoms with van der Waals surface area (Å²) >= 11 is 5.75. The number of nitrogens with zero attached hydrogens (tertiary/aromatic N) is 1. The van der Waals surface area contributed by atoms with Crippen LogP contribution in [0.4, 0.5) is 25.0 Å². The van der Waals surface area contributed by atoms with Gasteiger partial charge in [-0.2, -0.15) is 0 Å². The fraction of sp³-hybridized carbons (Fsp3) is 0. The number of hydrogen-bond donors (Lipinski definition) is 4. The van der Waals surface area contributed by atoms with Gasteiger partial charge in [-0.3, -0.25) is 10.2 Å². The van der Waals surface area contributed by atoms with Crippen molar-refractivity contribution in [2.75, 3.05) is 10.3 Å². The molecule has 10 heteroatoms. The first-order valence-electron chi connectivity index (χ1n) is 7.85. The molecule has 0 radical (unpaired) electrons. The average Bonchev–Trinajstić information content (AvgIpc) is 2.68. The van der Waals surface area contributed by atoms with Gasteiger partial charge in [-0.15, -0.1) is 0 Å². The van der Waals surface area contributed by atoms with Gasteiger partial charge in [0.25, 0.3) is 5.91 Å². The van der Waals surface area contributed by atoms with Crippen LogP contribution < -0.4 is 27.4 Å². The van der Waals surface area contributed by atoms with Crippen LogP contribution in [0.3, 0.4) is 0 Å². The van der Waals surface area contributed by atoms with E-state index in [0.29, 0.717) is 15.8 Å². The van der Waals surface area contributed by atoms with Gasteiger partial charge in [0, 0.05) is 11.6 Å². The molecule has 0 aromatic heterocycles. The molecule has 0 saturated heterocycles. The van der Waals surface area contributed by atoms with E-state index in [1.54, 1.807) is 12.1 Å². The van der Waals surface area contributed by atoms with Crippen LogP contribution >= 0.6 is 11.6 Å². The molecule has 0 aliphatic rings. The van der Waals surface area contributed by atoms with Crippen molar-refractivity contribution in [3.63, 3.8) is 0 Å². The van der Waals surface area contributed by atoms with Crippen molar-refractivity contribution in [1.29, 1.82) is 0 Å². The maximum absolute atomic E-state index is 13.9. The molecule has 144 valence electrons. The minimum absolute atomic E-state index is 0.0782. The van der Waals surface area contributed by atoms with Gasteiger partial charge in [-0.25, -0.2) is 30.3 Å². The number of nitrogens with two attached hydrogens (primary N) is 2. The summed E-state index contributed by atoms with van der Waals surface area (Å²) < 4.78 is 27.2. The number of urea groups is 1. The zero-order valence-electron chi connectivity index (χ0n) is 14.2. The molecule has 28 heavy (non-hydrogen) atoms. The second-order valence-electron chi connectivity index (χ2n) is 5.76. The van der Waals surface area contributed by atoms with Crippen molar-refractivity contribution in [1.82, 2.24) is 5.43 Å². The molecule has 0 fully saturated rings. The predicted octanol–water partition coefficient (Wildman–Crippen LogP) is 3.29. The Labute approximate surface area is 162 Å². The lowest BCUT2D eigenvalue weighted by Crippen LogP contribution is -2.48. The van der Waals surface area contributed by atoms with Crippen LogP contribution in [0.5, 0.6) is 0 Å². The number of fused-ring (bicyclic) bond motifs is 1. The first-order chi connectivity index (χ1) is 13.3. The van der Waals surface area contributed by atoms with Crippen LogP contribution in [-0.4, -0.2) is 11.9 Å². The molecule has 7 nitrogen and oxygen atoms in total. The summed E-state index contributed by atoms with van der Waals surface area (Å²) in [5, 5.41) is 4.00. The van der Waals surface area contributed by atoms with E-state index in [-0.39, 0.29) is 22.0 Å². The number of carbonyl (C=O) groups excluding carboxylic acids is 2. The Morgan fingerprint density at radius 1 is 1.00 bits per heavy atom. The number of amides is 3.